The first-order chi connectivity index (χ1) is 17.5. The number of anilines is 2. The van der Waals surface area contributed by atoms with Crippen molar-refractivity contribution in [3.05, 3.63) is 82.8 Å². The molecule has 1 fully saturated rings. The van der Waals surface area contributed by atoms with Crippen LogP contribution in [0.1, 0.15) is 73.9 Å². The highest BCUT2D eigenvalue weighted by molar-refractivity contribution is 5.75. The highest BCUT2D eigenvalue weighted by Gasteiger charge is 2.47. The zero-order valence-electron chi connectivity index (χ0n) is 22.0. The van der Waals surface area contributed by atoms with E-state index < -0.39 is 0 Å². The van der Waals surface area contributed by atoms with E-state index >= 15 is 0 Å². The Morgan fingerprint density at radius 2 is 1.83 bits per heavy atom. The second-order valence-electron chi connectivity index (χ2n) is 11.5. The molecule has 3 aromatic rings. The van der Waals surface area contributed by atoms with Crippen molar-refractivity contribution in [1.82, 2.24) is 20.2 Å². The molecule has 6 rings (SSSR count). The zero-order valence-corrected chi connectivity index (χ0v) is 22.0. The van der Waals surface area contributed by atoms with E-state index in [0.717, 1.165) is 45.0 Å². The lowest BCUT2D eigenvalue weighted by molar-refractivity contribution is 0.160. The molecule has 0 radical (unpaired) electrons. The number of aryl methyl sites for hydroxylation is 1. The maximum atomic E-state index is 4.92. The first kappa shape index (κ1) is 23.6. The molecular formula is C31H39N5. The number of nitrogens with zero attached hydrogens (tertiary/aromatic N) is 4. The normalized spacial score (nSPS) is 20.8. The second kappa shape index (κ2) is 9.60. The van der Waals surface area contributed by atoms with Gasteiger partial charge in [0.05, 0.1) is 0 Å². The fraction of sp³-hybridized carbons (Fsp3) is 0.484. The quantitative estimate of drug-likeness (QED) is 0.489. The first-order valence-electron chi connectivity index (χ1n) is 13.8. The number of nitrogens with one attached hydrogen (secondary N) is 1. The molecule has 3 aliphatic rings. The standard InChI is InChI=1S/C31H39N5/c1-22(2)32-18-25-10-7-11-27-29(25)31(14-16-35(17-15-31)19-24-8-5-4-6-9-24)20-36(27)30-28-23(3)12-13-26(28)33-21-34-30/h4-11,21-23,32H,12-20H2,1-3H3. The van der Waals surface area contributed by atoms with Gasteiger partial charge >= 0.3 is 0 Å². The Labute approximate surface area is 216 Å². The van der Waals surface area contributed by atoms with E-state index in [1.807, 2.05) is 0 Å². The van der Waals surface area contributed by atoms with Crippen LogP contribution in [0, 0.1) is 0 Å². The summed E-state index contributed by atoms with van der Waals surface area (Å²) in [4.78, 5) is 14.8. The van der Waals surface area contributed by atoms with Gasteiger partial charge < -0.3 is 10.2 Å². The lowest BCUT2D eigenvalue weighted by Crippen LogP contribution is -2.45. The monoisotopic (exact) mass is 481 g/mol. The molecule has 36 heavy (non-hydrogen) atoms. The van der Waals surface area contributed by atoms with Gasteiger partial charge in [0, 0.05) is 48.0 Å². The van der Waals surface area contributed by atoms with E-state index in [1.165, 1.54) is 47.3 Å². The van der Waals surface area contributed by atoms with E-state index in [2.05, 4.69) is 89.4 Å². The van der Waals surface area contributed by atoms with E-state index in [4.69, 9.17) is 4.98 Å². The van der Waals surface area contributed by atoms with Gasteiger partial charge in [0.1, 0.15) is 12.1 Å². The SMILES string of the molecule is CC(C)NCc1cccc2c1C1(CCN(Cc3ccccc3)CC1)CN2c1ncnc2c1C(C)CC2. The number of hydrogen-bond donors (Lipinski definition) is 1. The number of aromatic nitrogens is 2. The van der Waals surface area contributed by atoms with Crippen LogP contribution in [-0.2, 0) is 24.9 Å². The minimum absolute atomic E-state index is 0.164. The minimum Gasteiger partial charge on any atom is -0.325 e. The van der Waals surface area contributed by atoms with Gasteiger partial charge in [-0.3, -0.25) is 4.90 Å². The third-order valence-corrected chi connectivity index (χ3v) is 8.68. The van der Waals surface area contributed by atoms with Crippen molar-refractivity contribution in [1.29, 1.82) is 0 Å². The van der Waals surface area contributed by atoms with Crippen molar-refractivity contribution in [2.24, 2.45) is 0 Å². The molecule has 1 N–H and O–H groups in total. The minimum atomic E-state index is 0.164. The Bertz CT molecular complexity index is 1210. The molecule has 3 heterocycles. The van der Waals surface area contributed by atoms with Crippen molar-refractivity contribution in [3.63, 3.8) is 0 Å². The molecule has 5 heteroatoms. The molecule has 1 spiro atoms. The van der Waals surface area contributed by atoms with Gasteiger partial charge in [-0.2, -0.15) is 0 Å². The highest BCUT2D eigenvalue weighted by Crippen LogP contribution is 2.52. The molecule has 1 saturated heterocycles. The molecule has 2 aromatic carbocycles. The summed E-state index contributed by atoms with van der Waals surface area (Å²) >= 11 is 0. The largest absolute Gasteiger partial charge is 0.325 e. The molecule has 1 atom stereocenters. The molecule has 188 valence electrons. The fourth-order valence-corrected chi connectivity index (χ4v) is 6.77. The predicted octanol–water partition coefficient (Wildman–Crippen LogP) is 5.71. The number of fused-ring (bicyclic) bond motifs is 3. The average molecular weight is 482 g/mol. The van der Waals surface area contributed by atoms with Gasteiger partial charge in [-0.15, -0.1) is 0 Å². The van der Waals surface area contributed by atoms with Crippen molar-refractivity contribution in [2.45, 2.75) is 76.9 Å². The lowest BCUT2D eigenvalue weighted by atomic mass is 9.72. The van der Waals surface area contributed by atoms with Crippen LogP contribution in [0.5, 0.6) is 0 Å². The molecular weight excluding hydrogens is 442 g/mol. The maximum Gasteiger partial charge on any atom is 0.140 e. The third kappa shape index (κ3) is 4.22. The fourth-order valence-electron chi connectivity index (χ4n) is 6.77. The van der Waals surface area contributed by atoms with E-state index in [9.17, 15) is 0 Å². The molecule has 0 bridgehead atoms. The van der Waals surface area contributed by atoms with E-state index in [0.29, 0.717) is 12.0 Å². The average Bonchev–Trinajstić information content (AvgIpc) is 3.43. The number of hydrogen-bond acceptors (Lipinski definition) is 5. The number of rotatable bonds is 6. The van der Waals surface area contributed by atoms with Gasteiger partial charge in [-0.05, 0) is 67.4 Å². The number of likely N-dealkylation sites (tertiary alicyclic amines) is 1. The van der Waals surface area contributed by atoms with Gasteiger partial charge in [-0.1, -0.05) is 63.2 Å². The third-order valence-electron chi connectivity index (χ3n) is 8.68. The van der Waals surface area contributed by atoms with E-state index in [-0.39, 0.29) is 5.41 Å². The summed E-state index contributed by atoms with van der Waals surface area (Å²) in [6.07, 6.45) is 6.42. The first-order valence-corrected chi connectivity index (χ1v) is 13.8. The smallest absolute Gasteiger partial charge is 0.140 e. The van der Waals surface area contributed by atoms with Crippen LogP contribution in [0.25, 0.3) is 0 Å². The van der Waals surface area contributed by atoms with Crippen LogP contribution < -0.4 is 10.2 Å². The van der Waals surface area contributed by atoms with E-state index in [1.54, 1.807) is 11.9 Å². The Hall–Kier alpha value is -2.76. The lowest BCUT2D eigenvalue weighted by Gasteiger charge is -2.41. The Kier molecular flexibility index (Phi) is 6.30. The Morgan fingerprint density at radius 1 is 1.03 bits per heavy atom. The van der Waals surface area contributed by atoms with Crippen molar-refractivity contribution in [2.75, 3.05) is 24.5 Å². The summed E-state index contributed by atoms with van der Waals surface area (Å²) in [5.41, 5.74) is 8.61. The van der Waals surface area contributed by atoms with Gasteiger partial charge in [0.2, 0.25) is 0 Å². The molecule has 1 aliphatic carbocycles. The van der Waals surface area contributed by atoms with Crippen LogP contribution >= 0.6 is 0 Å². The summed E-state index contributed by atoms with van der Waals surface area (Å²) in [5.74, 6) is 1.68. The van der Waals surface area contributed by atoms with Gasteiger partial charge in [0.25, 0.3) is 0 Å². The van der Waals surface area contributed by atoms with Crippen LogP contribution in [0.15, 0.2) is 54.9 Å². The predicted molar refractivity (Wildman–Crippen MR) is 147 cm³/mol. The van der Waals surface area contributed by atoms with Crippen molar-refractivity contribution in [3.8, 4) is 0 Å². The number of piperidine rings is 1. The summed E-state index contributed by atoms with van der Waals surface area (Å²) < 4.78 is 0. The maximum absolute atomic E-state index is 4.92. The highest BCUT2D eigenvalue weighted by atomic mass is 15.2. The van der Waals surface area contributed by atoms with Crippen molar-refractivity contribution < 1.29 is 0 Å². The molecule has 1 aromatic heterocycles. The summed E-state index contributed by atoms with van der Waals surface area (Å²) in [7, 11) is 0. The van der Waals surface area contributed by atoms with Crippen molar-refractivity contribution >= 4 is 11.5 Å². The molecule has 1 unspecified atom stereocenters. The van der Waals surface area contributed by atoms with Gasteiger partial charge in [0.15, 0.2) is 0 Å². The van der Waals surface area contributed by atoms with Crippen LogP contribution in [0.2, 0.25) is 0 Å². The summed E-state index contributed by atoms with van der Waals surface area (Å²) in [6.45, 7) is 12.1. The Morgan fingerprint density at radius 3 is 2.61 bits per heavy atom. The van der Waals surface area contributed by atoms with Crippen LogP contribution in [0.4, 0.5) is 11.5 Å². The topological polar surface area (TPSA) is 44.3 Å². The van der Waals surface area contributed by atoms with Crippen LogP contribution in [0.3, 0.4) is 0 Å². The Balaban J connectivity index is 1.35. The number of benzene rings is 2. The zero-order chi connectivity index (χ0) is 24.7. The molecule has 2 aliphatic heterocycles. The second-order valence-corrected chi connectivity index (χ2v) is 11.5. The molecule has 0 saturated carbocycles. The molecule has 0 amide bonds. The molecule has 5 nitrogen and oxygen atoms in total. The van der Waals surface area contributed by atoms with Crippen LogP contribution in [-0.4, -0.2) is 40.5 Å². The summed E-state index contributed by atoms with van der Waals surface area (Å²) in [5, 5.41) is 3.70. The van der Waals surface area contributed by atoms with Gasteiger partial charge in [-0.25, -0.2) is 9.97 Å². The summed E-state index contributed by atoms with van der Waals surface area (Å²) in [6, 6.07) is 18.3.